The second-order valence-electron chi connectivity index (χ2n) is 3.51. The topological polar surface area (TPSA) is 61.5 Å². The Bertz CT molecular complexity index is 399. The van der Waals surface area contributed by atoms with Gasteiger partial charge in [-0.2, -0.15) is 0 Å². The van der Waals surface area contributed by atoms with Crippen LogP contribution in [0.3, 0.4) is 0 Å². The molecule has 0 saturated heterocycles. The van der Waals surface area contributed by atoms with Crippen molar-refractivity contribution in [3.05, 3.63) is 28.8 Å². The van der Waals surface area contributed by atoms with Gasteiger partial charge in [0.05, 0.1) is 25.2 Å². The molecule has 6 heteroatoms. The molecule has 0 amide bonds. The molecular weight excluding hydrogens is 277 g/mol. The van der Waals surface area contributed by atoms with Crippen LogP contribution in [-0.4, -0.2) is 19.7 Å². The first-order valence-electron chi connectivity index (χ1n) is 5.33. The normalized spacial score (nSPS) is 11.3. The fraction of sp³-hybridized carbons (Fsp3) is 0.417. The van der Waals surface area contributed by atoms with E-state index in [9.17, 15) is 4.79 Å². The molecule has 0 spiro atoms. The lowest BCUT2D eigenvalue weighted by atomic mass is 10.0. The van der Waals surface area contributed by atoms with Crippen LogP contribution in [0, 0.1) is 0 Å². The Morgan fingerprint density at radius 1 is 1.50 bits per heavy atom. The van der Waals surface area contributed by atoms with E-state index in [1.165, 1.54) is 7.11 Å². The lowest BCUT2D eigenvalue weighted by molar-refractivity contribution is -0.143. The fourth-order valence-corrected chi connectivity index (χ4v) is 1.62. The molecule has 0 radical (unpaired) electrons. The summed E-state index contributed by atoms with van der Waals surface area (Å²) >= 11 is 5.90. The van der Waals surface area contributed by atoms with Crippen LogP contribution in [0.1, 0.15) is 24.9 Å². The van der Waals surface area contributed by atoms with Gasteiger partial charge >= 0.3 is 5.97 Å². The van der Waals surface area contributed by atoms with Crippen LogP contribution in [0.4, 0.5) is 0 Å². The number of ether oxygens (including phenoxy) is 2. The number of hydrogen-bond acceptors (Lipinski definition) is 4. The molecule has 0 aliphatic heterocycles. The second-order valence-corrected chi connectivity index (χ2v) is 3.92. The van der Waals surface area contributed by atoms with Crippen molar-refractivity contribution in [3.63, 3.8) is 0 Å². The summed E-state index contributed by atoms with van der Waals surface area (Å²) in [6.07, 6.45) is 0.138. The van der Waals surface area contributed by atoms with Gasteiger partial charge < -0.3 is 15.2 Å². The van der Waals surface area contributed by atoms with Crippen molar-refractivity contribution in [2.45, 2.75) is 19.4 Å². The van der Waals surface area contributed by atoms with Crippen molar-refractivity contribution in [3.8, 4) is 5.75 Å². The molecule has 0 aliphatic carbocycles. The molecule has 1 atom stereocenters. The van der Waals surface area contributed by atoms with Crippen molar-refractivity contribution < 1.29 is 14.3 Å². The lowest BCUT2D eigenvalue weighted by Gasteiger charge is -2.13. The highest BCUT2D eigenvalue weighted by molar-refractivity contribution is 6.32. The lowest BCUT2D eigenvalue weighted by Crippen LogP contribution is -2.17. The Morgan fingerprint density at radius 3 is 2.72 bits per heavy atom. The van der Waals surface area contributed by atoms with Gasteiger partial charge in [0.1, 0.15) is 5.75 Å². The van der Waals surface area contributed by atoms with E-state index in [-0.39, 0.29) is 24.8 Å². The molecule has 0 heterocycles. The molecule has 18 heavy (non-hydrogen) atoms. The molecule has 4 nitrogen and oxygen atoms in total. The molecule has 1 aromatic carbocycles. The van der Waals surface area contributed by atoms with Gasteiger partial charge in [-0.25, -0.2) is 0 Å². The zero-order valence-corrected chi connectivity index (χ0v) is 11.9. The van der Waals surface area contributed by atoms with Crippen molar-refractivity contribution in [1.29, 1.82) is 0 Å². The number of methoxy groups -OCH3 is 1. The van der Waals surface area contributed by atoms with Crippen molar-refractivity contribution in [2.75, 3.05) is 13.7 Å². The predicted molar refractivity (Wildman–Crippen MR) is 73.4 cm³/mol. The van der Waals surface area contributed by atoms with Crippen LogP contribution in [-0.2, 0) is 9.53 Å². The quantitative estimate of drug-likeness (QED) is 0.848. The van der Waals surface area contributed by atoms with Crippen LogP contribution in [0.5, 0.6) is 5.75 Å². The third-order valence-corrected chi connectivity index (χ3v) is 2.61. The molecule has 1 aromatic rings. The minimum absolute atomic E-state index is 0. The van der Waals surface area contributed by atoms with Crippen LogP contribution in [0.2, 0.25) is 5.02 Å². The molecule has 102 valence electrons. The number of esters is 1. The number of carbonyl (C=O) groups is 1. The molecule has 0 unspecified atom stereocenters. The Balaban J connectivity index is 0.00000289. The summed E-state index contributed by atoms with van der Waals surface area (Å²) in [5, 5.41) is 0.514. The first kappa shape index (κ1) is 17.0. The van der Waals surface area contributed by atoms with Crippen LogP contribution in [0.15, 0.2) is 18.2 Å². The Hall–Kier alpha value is -0.970. The first-order chi connectivity index (χ1) is 8.08. The van der Waals surface area contributed by atoms with E-state index in [0.717, 1.165) is 5.56 Å². The van der Waals surface area contributed by atoms with E-state index in [2.05, 4.69) is 0 Å². The summed E-state index contributed by atoms with van der Waals surface area (Å²) in [6.45, 7) is 2.12. The number of nitrogens with two attached hydrogens (primary N) is 1. The van der Waals surface area contributed by atoms with Gasteiger partial charge in [0.15, 0.2) is 0 Å². The predicted octanol–water partition coefficient (Wildman–Crippen LogP) is 2.72. The first-order valence-corrected chi connectivity index (χ1v) is 5.71. The number of halogens is 2. The molecule has 0 aliphatic rings. The average molecular weight is 294 g/mol. The van der Waals surface area contributed by atoms with E-state index in [4.69, 9.17) is 26.8 Å². The van der Waals surface area contributed by atoms with Crippen LogP contribution >= 0.6 is 24.0 Å². The maximum absolute atomic E-state index is 11.3. The Kier molecular flexibility index (Phi) is 7.75. The maximum Gasteiger partial charge on any atom is 0.307 e. The zero-order chi connectivity index (χ0) is 12.8. The number of benzene rings is 1. The summed E-state index contributed by atoms with van der Waals surface area (Å²) in [5.41, 5.74) is 6.69. The summed E-state index contributed by atoms with van der Waals surface area (Å²) in [7, 11) is 1.53. The van der Waals surface area contributed by atoms with Crippen molar-refractivity contribution in [1.82, 2.24) is 0 Å². The monoisotopic (exact) mass is 293 g/mol. The molecule has 0 saturated carbocycles. The molecule has 2 N–H and O–H groups in total. The summed E-state index contributed by atoms with van der Waals surface area (Å²) in [6, 6.07) is 4.78. The number of hydrogen-bond donors (Lipinski definition) is 1. The molecular formula is C12H17Cl2NO3. The average Bonchev–Trinajstić information content (AvgIpc) is 2.29. The van der Waals surface area contributed by atoms with Crippen LogP contribution in [0.25, 0.3) is 0 Å². The van der Waals surface area contributed by atoms with E-state index in [1.54, 1.807) is 25.1 Å². The highest BCUT2D eigenvalue weighted by Crippen LogP contribution is 2.28. The summed E-state index contributed by atoms with van der Waals surface area (Å²) < 4.78 is 9.92. The number of carbonyl (C=O) groups excluding carboxylic acids is 1. The van der Waals surface area contributed by atoms with Gasteiger partial charge in [-0.3, -0.25) is 4.79 Å². The third-order valence-electron chi connectivity index (χ3n) is 2.30. The Labute approximate surface area is 118 Å². The molecule has 0 aromatic heterocycles. The standard InChI is InChI=1S/C12H16ClNO3.ClH/c1-3-17-12(15)7-10(14)8-4-5-9(13)11(6-8)16-2;/h4-6,10H,3,7,14H2,1-2H3;1H/t10-;/m0./s1. The van der Waals surface area contributed by atoms with Gasteiger partial charge in [0.25, 0.3) is 0 Å². The zero-order valence-electron chi connectivity index (χ0n) is 10.3. The minimum atomic E-state index is -0.416. The van der Waals surface area contributed by atoms with Gasteiger partial charge in [-0.15, -0.1) is 12.4 Å². The molecule has 0 fully saturated rings. The highest BCUT2D eigenvalue weighted by atomic mass is 35.5. The van der Waals surface area contributed by atoms with E-state index in [0.29, 0.717) is 17.4 Å². The smallest absolute Gasteiger partial charge is 0.307 e. The van der Waals surface area contributed by atoms with Crippen molar-refractivity contribution >= 4 is 30.0 Å². The van der Waals surface area contributed by atoms with Gasteiger partial charge in [-0.05, 0) is 24.6 Å². The molecule has 1 rings (SSSR count). The van der Waals surface area contributed by atoms with Crippen molar-refractivity contribution in [2.24, 2.45) is 5.73 Å². The largest absolute Gasteiger partial charge is 0.495 e. The maximum atomic E-state index is 11.3. The van der Waals surface area contributed by atoms with Gasteiger partial charge in [0, 0.05) is 6.04 Å². The highest BCUT2D eigenvalue weighted by Gasteiger charge is 2.14. The Morgan fingerprint density at radius 2 is 2.17 bits per heavy atom. The van der Waals surface area contributed by atoms with E-state index >= 15 is 0 Å². The van der Waals surface area contributed by atoms with E-state index in [1.807, 2.05) is 0 Å². The van der Waals surface area contributed by atoms with E-state index < -0.39 is 6.04 Å². The van der Waals surface area contributed by atoms with Gasteiger partial charge in [0.2, 0.25) is 0 Å². The minimum Gasteiger partial charge on any atom is -0.495 e. The SMILES string of the molecule is CCOC(=O)C[C@H](N)c1ccc(Cl)c(OC)c1.Cl. The number of rotatable bonds is 5. The summed E-state index contributed by atoms with van der Waals surface area (Å²) in [5.74, 6) is 0.234. The second kappa shape index (κ2) is 8.19. The molecule has 0 bridgehead atoms. The van der Waals surface area contributed by atoms with Crippen LogP contribution < -0.4 is 10.5 Å². The third kappa shape index (κ3) is 4.72. The van der Waals surface area contributed by atoms with Gasteiger partial charge in [-0.1, -0.05) is 17.7 Å². The summed E-state index contributed by atoms with van der Waals surface area (Å²) in [4.78, 5) is 11.3. The fourth-order valence-electron chi connectivity index (χ4n) is 1.42.